The summed E-state index contributed by atoms with van der Waals surface area (Å²) in [5.74, 6) is 3.46. The molecule has 1 aromatic heterocycles. The number of rotatable bonds is 6. The highest BCUT2D eigenvalue weighted by Gasteiger charge is 2.37. The maximum Gasteiger partial charge on any atom is 0.271 e. The molecule has 3 aliphatic heterocycles. The Morgan fingerprint density at radius 1 is 1.05 bits per heavy atom. The second-order valence-electron chi connectivity index (χ2n) is 9.66. The number of fused-ring (bicyclic) bond motifs is 3. The van der Waals surface area contributed by atoms with Gasteiger partial charge in [0.2, 0.25) is 19.3 Å². The molecule has 0 unspecified atom stereocenters. The topological polar surface area (TPSA) is 134 Å². The van der Waals surface area contributed by atoms with Gasteiger partial charge in [0.15, 0.2) is 28.8 Å². The van der Waals surface area contributed by atoms with Crippen LogP contribution in [-0.2, 0) is 6.42 Å². The van der Waals surface area contributed by atoms with E-state index in [1.54, 1.807) is 54.4 Å². The molecule has 0 spiro atoms. The molecule has 3 aliphatic rings. The number of tetrazole rings is 1. The molecule has 4 heterocycles. The van der Waals surface area contributed by atoms with Gasteiger partial charge in [-0.1, -0.05) is 0 Å². The SMILES string of the molecule is COc1c2c(cc3c1[C@@H](c1nnnn1-c1ccc(C(=O)N/N=C\c4ccc5c(c4)OCO5)cc1)N(C)CC3)OCO2. The predicted octanol–water partition coefficient (Wildman–Crippen LogP) is 2.47. The van der Waals surface area contributed by atoms with E-state index in [-0.39, 0.29) is 25.5 Å². The molecule has 41 heavy (non-hydrogen) atoms. The summed E-state index contributed by atoms with van der Waals surface area (Å²) in [5.41, 5.74) is 6.49. The Kier molecular flexibility index (Phi) is 6.12. The summed E-state index contributed by atoms with van der Waals surface area (Å²) in [5, 5.41) is 16.7. The van der Waals surface area contributed by atoms with E-state index in [1.807, 2.05) is 19.2 Å². The van der Waals surface area contributed by atoms with E-state index in [4.69, 9.17) is 23.7 Å². The Morgan fingerprint density at radius 3 is 2.71 bits per heavy atom. The zero-order chi connectivity index (χ0) is 27.9. The third kappa shape index (κ3) is 4.36. The number of hydrogen-bond acceptors (Lipinski definition) is 11. The average Bonchev–Trinajstić information content (AvgIpc) is 3.77. The number of benzene rings is 3. The van der Waals surface area contributed by atoms with Gasteiger partial charge in [0, 0.05) is 17.7 Å². The van der Waals surface area contributed by atoms with Crippen LogP contribution in [0.15, 0.2) is 53.6 Å². The Bertz CT molecular complexity index is 1670. The molecular formula is C28H25N7O6. The number of nitrogens with zero attached hydrogens (tertiary/aromatic N) is 6. The van der Waals surface area contributed by atoms with Crippen LogP contribution in [0.3, 0.4) is 0 Å². The lowest BCUT2D eigenvalue weighted by molar-refractivity contribution is 0.0955. The summed E-state index contributed by atoms with van der Waals surface area (Å²) in [4.78, 5) is 14.9. The van der Waals surface area contributed by atoms with Gasteiger partial charge in [-0.2, -0.15) is 9.78 Å². The Balaban J connectivity index is 1.12. The number of hydrogen-bond donors (Lipinski definition) is 1. The molecule has 1 N–H and O–H groups in total. The molecule has 0 saturated carbocycles. The van der Waals surface area contributed by atoms with Crippen molar-refractivity contribution in [1.82, 2.24) is 30.5 Å². The largest absolute Gasteiger partial charge is 0.492 e. The third-order valence-electron chi connectivity index (χ3n) is 7.28. The van der Waals surface area contributed by atoms with Crippen molar-refractivity contribution in [2.45, 2.75) is 12.5 Å². The van der Waals surface area contributed by atoms with Crippen LogP contribution in [-0.4, -0.2) is 71.5 Å². The fraction of sp³-hybridized carbons (Fsp3) is 0.250. The number of amides is 1. The summed E-state index contributed by atoms with van der Waals surface area (Å²) in [6, 6.07) is 14.1. The summed E-state index contributed by atoms with van der Waals surface area (Å²) in [6.07, 6.45) is 2.36. The lowest BCUT2D eigenvalue weighted by Crippen LogP contribution is -2.35. The Hall–Kier alpha value is -5.17. The molecule has 1 atom stereocenters. The first-order valence-corrected chi connectivity index (χ1v) is 12.9. The van der Waals surface area contributed by atoms with Crippen molar-refractivity contribution < 1.29 is 28.5 Å². The Labute approximate surface area is 234 Å². The van der Waals surface area contributed by atoms with Crippen LogP contribution in [0.4, 0.5) is 0 Å². The summed E-state index contributed by atoms with van der Waals surface area (Å²) < 4.78 is 29.5. The van der Waals surface area contributed by atoms with Crippen molar-refractivity contribution in [1.29, 1.82) is 0 Å². The molecule has 7 rings (SSSR count). The molecule has 0 radical (unpaired) electrons. The molecule has 208 valence electrons. The predicted molar refractivity (Wildman–Crippen MR) is 144 cm³/mol. The van der Waals surface area contributed by atoms with Crippen molar-refractivity contribution >= 4 is 12.1 Å². The summed E-state index contributed by atoms with van der Waals surface area (Å²) >= 11 is 0. The number of ether oxygens (including phenoxy) is 5. The van der Waals surface area contributed by atoms with Crippen molar-refractivity contribution in [3.63, 3.8) is 0 Å². The number of nitrogens with one attached hydrogen (secondary N) is 1. The standard InChI is InChI=1S/C28H25N7O6/c1-34-10-9-18-12-22-25(41-15-40-22)26(37-2)23(18)24(34)27-30-32-33-35(27)19-6-4-17(5-7-19)28(36)31-29-13-16-3-8-20-21(11-16)39-14-38-20/h3-8,11-13,24H,9-10,14-15H2,1-2H3,(H,31,36)/b29-13-/t24-/m0/s1. The first-order valence-electron chi connectivity index (χ1n) is 12.9. The fourth-order valence-electron chi connectivity index (χ4n) is 5.28. The highest BCUT2D eigenvalue weighted by Crippen LogP contribution is 2.50. The van der Waals surface area contributed by atoms with Crippen molar-refractivity contribution in [3.8, 4) is 34.4 Å². The molecule has 0 bridgehead atoms. The first-order chi connectivity index (χ1) is 20.1. The lowest BCUT2D eigenvalue weighted by atomic mass is 9.90. The number of carbonyl (C=O) groups is 1. The van der Waals surface area contributed by atoms with Crippen molar-refractivity contribution in [2.24, 2.45) is 5.10 Å². The number of likely N-dealkylation sites (N-methyl/N-ethyl adjacent to an activating group) is 1. The van der Waals surface area contributed by atoms with Gasteiger partial charge in [0.05, 0.1) is 19.0 Å². The van der Waals surface area contributed by atoms with Crippen LogP contribution in [0.1, 0.15) is 38.9 Å². The van der Waals surface area contributed by atoms with Crippen LogP contribution in [0.2, 0.25) is 0 Å². The van der Waals surface area contributed by atoms with Crippen LogP contribution in [0.25, 0.3) is 5.69 Å². The molecule has 13 heteroatoms. The van der Waals surface area contributed by atoms with E-state index in [9.17, 15) is 4.79 Å². The minimum Gasteiger partial charge on any atom is -0.492 e. The molecule has 13 nitrogen and oxygen atoms in total. The van der Waals surface area contributed by atoms with Gasteiger partial charge in [0.25, 0.3) is 5.91 Å². The number of carbonyl (C=O) groups excluding carboxylic acids is 1. The molecule has 0 saturated heterocycles. The van der Waals surface area contributed by atoms with E-state index in [0.717, 1.165) is 29.7 Å². The van der Waals surface area contributed by atoms with Crippen LogP contribution in [0.5, 0.6) is 28.7 Å². The molecule has 3 aromatic carbocycles. The van der Waals surface area contributed by atoms with Crippen molar-refractivity contribution in [3.05, 3.63) is 76.6 Å². The average molecular weight is 556 g/mol. The van der Waals surface area contributed by atoms with Gasteiger partial charge >= 0.3 is 0 Å². The fourth-order valence-corrected chi connectivity index (χ4v) is 5.28. The lowest BCUT2D eigenvalue weighted by Gasteiger charge is -2.34. The monoisotopic (exact) mass is 555 g/mol. The number of hydrazone groups is 1. The maximum absolute atomic E-state index is 12.7. The zero-order valence-electron chi connectivity index (χ0n) is 22.2. The third-order valence-corrected chi connectivity index (χ3v) is 7.28. The van der Waals surface area contributed by atoms with Gasteiger partial charge in [-0.25, -0.2) is 5.43 Å². The van der Waals surface area contributed by atoms with E-state index < -0.39 is 0 Å². The van der Waals surface area contributed by atoms with Gasteiger partial charge in [-0.05, 0) is 83.6 Å². The molecule has 4 aromatic rings. The minimum atomic E-state index is -0.354. The minimum absolute atomic E-state index is 0.149. The van der Waals surface area contributed by atoms with Crippen LogP contribution < -0.4 is 29.1 Å². The van der Waals surface area contributed by atoms with Crippen molar-refractivity contribution in [2.75, 3.05) is 34.3 Å². The van der Waals surface area contributed by atoms with E-state index in [0.29, 0.717) is 45.8 Å². The maximum atomic E-state index is 12.7. The second-order valence-corrected chi connectivity index (χ2v) is 9.66. The van der Waals surface area contributed by atoms with E-state index in [2.05, 4.69) is 31.0 Å². The first kappa shape index (κ1) is 24.8. The molecule has 0 fully saturated rings. The number of aromatic nitrogens is 4. The zero-order valence-corrected chi connectivity index (χ0v) is 22.2. The van der Waals surface area contributed by atoms with Gasteiger partial charge < -0.3 is 23.7 Å². The summed E-state index contributed by atoms with van der Waals surface area (Å²) in [6.45, 7) is 1.13. The molecule has 1 amide bonds. The highest BCUT2D eigenvalue weighted by atomic mass is 16.7. The smallest absolute Gasteiger partial charge is 0.271 e. The molecule has 0 aliphatic carbocycles. The van der Waals surface area contributed by atoms with Gasteiger partial charge in [0.1, 0.15) is 6.04 Å². The van der Waals surface area contributed by atoms with Crippen LogP contribution >= 0.6 is 0 Å². The number of methoxy groups -OCH3 is 1. The second kappa shape index (κ2) is 10.1. The Morgan fingerprint density at radius 2 is 1.85 bits per heavy atom. The summed E-state index contributed by atoms with van der Waals surface area (Å²) in [7, 11) is 3.64. The van der Waals surface area contributed by atoms with E-state index in [1.165, 1.54) is 0 Å². The quantitative estimate of drug-likeness (QED) is 0.279. The highest BCUT2D eigenvalue weighted by molar-refractivity contribution is 5.95. The van der Waals surface area contributed by atoms with E-state index >= 15 is 0 Å². The van der Waals surface area contributed by atoms with Gasteiger partial charge in [-0.3, -0.25) is 9.69 Å². The van der Waals surface area contributed by atoms with Gasteiger partial charge in [-0.15, -0.1) is 5.10 Å². The normalized spacial score (nSPS) is 17.1. The molecular weight excluding hydrogens is 530 g/mol. The van der Waals surface area contributed by atoms with Crippen LogP contribution in [0, 0.1) is 0 Å².